The molecule has 1 unspecified atom stereocenters. The van der Waals surface area contributed by atoms with Crippen molar-refractivity contribution in [3.05, 3.63) is 54.0 Å². The molecule has 2 fully saturated rings. The third-order valence-electron chi connectivity index (χ3n) is 7.02. The van der Waals surface area contributed by atoms with Gasteiger partial charge in [-0.15, -0.1) is 0 Å². The molecule has 1 aliphatic carbocycles. The molecule has 3 aliphatic rings. The summed E-state index contributed by atoms with van der Waals surface area (Å²) in [6.45, 7) is 3.79. The van der Waals surface area contributed by atoms with Gasteiger partial charge in [-0.3, -0.25) is 9.69 Å². The number of fused-ring (bicyclic) bond motifs is 1. The SMILES string of the molecule is O=C(CC1CC2(CCN(Cc3ccoc3)CC2)Oc2ccccc21)NCC1CC1.O=C(O)C(F)(F)F. The van der Waals surface area contributed by atoms with E-state index in [9.17, 15) is 18.0 Å². The molecule has 1 atom stereocenters. The maximum absolute atomic E-state index is 12.6. The van der Waals surface area contributed by atoms with Gasteiger partial charge in [-0.2, -0.15) is 13.2 Å². The largest absolute Gasteiger partial charge is 0.490 e. The zero-order valence-electron chi connectivity index (χ0n) is 19.9. The normalized spacial score (nSPS) is 21.0. The Morgan fingerprint density at radius 1 is 1.14 bits per heavy atom. The van der Waals surface area contributed by atoms with Gasteiger partial charge in [0.25, 0.3) is 0 Å². The van der Waals surface area contributed by atoms with Crippen LogP contribution in [0.4, 0.5) is 13.2 Å². The van der Waals surface area contributed by atoms with Crippen molar-refractivity contribution in [3.8, 4) is 5.75 Å². The van der Waals surface area contributed by atoms with Crippen molar-refractivity contribution in [2.75, 3.05) is 19.6 Å². The number of carbonyl (C=O) groups is 2. The Morgan fingerprint density at radius 3 is 2.44 bits per heavy atom. The van der Waals surface area contributed by atoms with Gasteiger partial charge in [-0.25, -0.2) is 4.79 Å². The van der Waals surface area contributed by atoms with Crippen LogP contribution in [-0.2, 0) is 16.1 Å². The highest BCUT2D eigenvalue weighted by Gasteiger charge is 2.43. The molecule has 0 radical (unpaired) electrons. The molecule has 36 heavy (non-hydrogen) atoms. The fourth-order valence-electron chi connectivity index (χ4n) is 4.87. The fourth-order valence-corrected chi connectivity index (χ4v) is 4.87. The number of hydrogen-bond donors (Lipinski definition) is 2. The van der Waals surface area contributed by atoms with Gasteiger partial charge in [0.15, 0.2) is 0 Å². The van der Waals surface area contributed by atoms with Crippen LogP contribution in [0.5, 0.6) is 5.75 Å². The summed E-state index contributed by atoms with van der Waals surface area (Å²) in [6, 6.07) is 10.3. The highest BCUT2D eigenvalue weighted by Crippen LogP contribution is 2.46. The molecule has 1 saturated heterocycles. The predicted molar refractivity (Wildman–Crippen MR) is 124 cm³/mol. The lowest BCUT2D eigenvalue weighted by Gasteiger charge is -2.47. The van der Waals surface area contributed by atoms with Crippen LogP contribution in [0.25, 0.3) is 0 Å². The number of aliphatic carboxylic acids is 1. The first kappa shape index (κ1) is 26.1. The molecule has 196 valence electrons. The highest BCUT2D eigenvalue weighted by molar-refractivity contribution is 5.77. The minimum atomic E-state index is -5.08. The average molecular weight is 509 g/mol. The van der Waals surface area contributed by atoms with Crippen LogP contribution < -0.4 is 10.1 Å². The lowest BCUT2D eigenvalue weighted by Crippen LogP contribution is -2.50. The molecule has 2 aliphatic heterocycles. The first-order chi connectivity index (χ1) is 17.1. The third kappa shape index (κ3) is 7.02. The number of halogens is 3. The molecule has 1 saturated carbocycles. The smallest absolute Gasteiger partial charge is 0.487 e. The van der Waals surface area contributed by atoms with Crippen LogP contribution in [0.3, 0.4) is 0 Å². The number of hydrogen-bond acceptors (Lipinski definition) is 5. The van der Waals surface area contributed by atoms with Crippen molar-refractivity contribution in [2.24, 2.45) is 5.92 Å². The Labute approximate surface area is 207 Å². The monoisotopic (exact) mass is 508 g/mol. The summed E-state index contributed by atoms with van der Waals surface area (Å²) in [4.78, 5) is 24.0. The second-order valence-corrected chi connectivity index (χ2v) is 9.89. The predicted octanol–water partition coefficient (Wildman–Crippen LogP) is 4.73. The number of para-hydroxylation sites is 1. The van der Waals surface area contributed by atoms with Crippen molar-refractivity contribution in [1.29, 1.82) is 0 Å². The summed E-state index contributed by atoms with van der Waals surface area (Å²) < 4.78 is 43.5. The maximum atomic E-state index is 12.6. The number of ether oxygens (including phenoxy) is 1. The van der Waals surface area contributed by atoms with E-state index in [0.717, 1.165) is 51.2 Å². The molecule has 1 spiro atoms. The zero-order valence-corrected chi connectivity index (χ0v) is 19.9. The number of alkyl halides is 3. The van der Waals surface area contributed by atoms with Gasteiger partial charge in [0, 0.05) is 44.1 Å². The van der Waals surface area contributed by atoms with Crippen molar-refractivity contribution < 1.29 is 37.0 Å². The minimum Gasteiger partial charge on any atom is -0.487 e. The van der Waals surface area contributed by atoms with E-state index < -0.39 is 12.1 Å². The highest BCUT2D eigenvalue weighted by atomic mass is 19.4. The fraction of sp³-hybridized carbons (Fsp3) is 0.538. The van der Waals surface area contributed by atoms with E-state index >= 15 is 0 Å². The van der Waals surface area contributed by atoms with Crippen molar-refractivity contribution >= 4 is 11.9 Å². The standard InChI is InChI=1S/C24H30N2O3.C2HF3O2/c27-23(25-15-18-5-6-18)13-20-14-24(29-22-4-2-1-3-21(20)22)8-10-26(11-9-24)16-19-7-12-28-17-19;3-2(4,5)1(6)7/h1-4,7,12,17-18,20H,5-6,8-11,13-16H2,(H,25,27);(H,6,7). The number of carbonyl (C=O) groups excluding carboxylic acids is 1. The molecule has 0 bridgehead atoms. The summed E-state index contributed by atoms with van der Waals surface area (Å²) in [6.07, 6.45) is 4.50. The van der Waals surface area contributed by atoms with Crippen LogP contribution in [0.2, 0.25) is 0 Å². The van der Waals surface area contributed by atoms with Crippen molar-refractivity contribution in [2.45, 2.75) is 62.8 Å². The Balaban J connectivity index is 0.000000384. The van der Waals surface area contributed by atoms with E-state index in [1.807, 2.05) is 18.4 Å². The van der Waals surface area contributed by atoms with Gasteiger partial charge in [-0.1, -0.05) is 18.2 Å². The first-order valence-corrected chi connectivity index (χ1v) is 12.2. The molecule has 10 heteroatoms. The first-order valence-electron chi connectivity index (χ1n) is 12.2. The van der Waals surface area contributed by atoms with Crippen LogP contribution >= 0.6 is 0 Å². The Bertz CT molecular complexity index is 1030. The molecule has 3 heterocycles. The quantitative estimate of drug-likeness (QED) is 0.586. The van der Waals surface area contributed by atoms with Gasteiger partial charge in [0.1, 0.15) is 11.4 Å². The molecular weight excluding hydrogens is 477 g/mol. The number of rotatable bonds is 6. The minimum absolute atomic E-state index is 0.150. The van der Waals surface area contributed by atoms with E-state index in [1.54, 1.807) is 6.26 Å². The molecular formula is C26H31F3N2O5. The van der Waals surface area contributed by atoms with Gasteiger partial charge in [0.2, 0.25) is 5.91 Å². The Kier molecular flexibility index (Phi) is 7.92. The lowest BCUT2D eigenvalue weighted by atomic mass is 9.76. The molecule has 7 nitrogen and oxygen atoms in total. The van der Waals surface area contributed by atoms with E-state index in [2.05, 4.69) is 28.4 Å². The summed E-state index contributed by atoms with van der Waals surface area (Å²) in [5.74, 6) is -0.646. The topological polar surface area (TPSA) is 92.0 Å². The number of likely N-dealkylation sites (tertiary alicyclic amines) is 1. The van der Waals surface area contributed by atoms with E-state index in [1.165, 1.54) is 24.0 Å². The average Bonchev–Trinajstić information content (AvgIpc) is 3.53. The van der Waals surface area contributed by atoms with Crippen molar-refractivity contribution in [3.63, 3.8) is 0 Å². The molecule has 1 aromatic heterocycles. The lowest BCUT2D eigenvalue weighted by molar-refractivity contribution is -0.192. The molecule has 2 N–H and O–H groups in total. The molecule has 1 amide bonds. The number of piperidine rings is 1. The van der Waals surface area contributed by atoms with Gasteiger partial charge < -0.3 is 19.6 Å². The number of carboxylic acids is 1. The van der Waals surface area contributed by atoms with Crippen LogP contribution in [0.1, 0.15) is 55.6 Å². The van der Waals surface area contributed by atoms with E-state index in [4.69, 9.17) is 19.1 Å². The molecule has 5 rings (SSSR count). The summed E-state index contributed by atoms with van der Waals surface area (Å²) in [7, 11) is 0. The van der Waals surface area contributed by atoms with Crippen LogP contribution in [0.15, 0.2) is 47.3 Å². The van der Waals surface area contributed by atoms with Crippen molar-refractivity contribution in [1.82, 2.24) is 10.2 Å². The number of carboxylic acid groups (broad SMARTS) is 1. The number of nitrogens with one attached hydrogen (secondary N) is 1. The maximum Gasteiger partial charge on any atom is 0.490 e. The van der Waals surface area contributed by atoms with E-state index in [0.29, 0.717) is 12.3 Å². The summed E-state index contributed by atoms with van der Waals surface area (Å²) in [5.41, 5.74) is 2.27. The zero-order chi connectivity index (χ0) is 25.8. The Morgan fingerprint density at radius 2 is 1.83 bits per heavy atom. The number of amides is 1. The van der Waals surface area contributed by atoms with Gasteiger partial charge in [-0.05, 0) is 55.7 Å². The van der Waals surface area contributed by atoms with E-state index in [-0.39, 0.29) is 17.4 Å². The Hall–Kier alpha value is -3.01. The van der Waals surface area contributed by atoms with Gasteiger partial charge in [0.05, 0.1) is 12.5 Å². The number of benzene rings is 1. The molecule has 1 aromatic carbocycles. The van der Waals surface area contributed by atoms with Gasteiger partial charge >= 0.3 is 12.1 Å². The molecule has 2 aromatic rings. The summed E-state index contributed by atoms with van der Waals surface area (Å²) >= 11 is 0. The third-order valence-corrected chi connectivity index (χ3v) is 7.02. The second-order valence-electron chi connectivity index (χ2n) is 9.89. The second kappa shape index (κ2) is 10.9. The number of furan rings is 1. The van der Waals surface area contributed by atoms with Crippen LogP contribution in [0, 0.1) is 5.92 Å². The number of nitrogens with zero attached hydrogens (tertiary/aromatic N) is 1. The summed E-state index contributed by atoms with van der Waals surface area (Å²) in [5, 5.41) is 10.3. The van der Waals surface area contributed by atoms with Crippen LogP contribution in [-0.4, -0.2) is 53.3 Å².